The first-order valence-electron chi connectivity index (χ1n) is 11.2. The first-order valence-corrected chi connectivity index (χ1v) is 13.5. The van der Waals surface area contributed by atoms with Crippen LogP contribution in [0.1, 0.15) is 83.8 Å². The molecule has 0 saturated carbocycles. The summed E-state index contributed by atoms with van der Waals surface area (Å²) >= 11 is 4.23. The van der Waals surface area contributed by atoms with Gasteiger partial charge in [0.15, 0.2) is 0 Å². The van der Waals surface area contributed by atoms with Crippen molar-refractivity contribution in [1.29, 1.82) is 0 Å². The topological polar surface area (TPSA) is 52.1 Å². The van der Waals surface area contributed by atoms with Crippen LogP contribution in [0.4, 0.5) is 0 Å². The third kappa shape index (κ3) is 9.51. The van der Waals surface area contributed by atoms with Gasteiger partial charge in [0.25, 0.3) is 0 Å². The zero-order valence-corrected chi connectivity index (χ0v) is 21.1. The minimum Gasteiger partial charge on any atom is -0.364 e. The van der Waals surface area contributed by atoms with Crippen LogP contribution in [0.15, 0.2) is 34.0 Å². The molecule has 0 spiro atoms. The SMILES string of the molecule is CC(c1cnoc1)C(C)(C)CCCSCCCSCCCC(C)(C)Cc1cnoc1. The highest BCUT2D eigenvalue weighted by Gasteiger charge is 2.27. The third-order valence-corrected chi connectivity index (χ3v) is 8.43. The van der Waals surface area contributed by atoms with Crippen LogP contribution in [0.25, 0.3) is 0 Å². The molecule has 0 amide bonds. The Labute approximate surface area is 191 Å². The highest BCUT2D eigenvalue weighted by molar-refractivity contribution is 8.00. The molecule has 0 aliphatic heterocycles. The Balaban J connectivity index is 1.43. The lowest BCUT2D eigenvalue weighted by Crippen LogP contribution is -2.19. The number of rotatable bonds is 16. The summed E-state index contributed by atoms with van der Waals surface area (Å²) in [4.78, 5) is 0. The first-order chi connectivity index (χ1) is 14.3. The van der Waals surface area contributed by atoms with Crippen LogP contribution in [0.5, 0.6) is 0 Å². The van der Waals surface area contributed by atoms with Crippen LogP contribution in [-0.4, -0.2) is 33.3 Å². The lowest BCUT2D eigenvalue weighted by Gasteiger charge is -2.31. The van der Waals surface area contributed by atoms with Gasteiger partial charge in [0, 0.05) is 11.1 Å². The number of nitrogens with zero attached hydrogens (tertiary/aromatic N) is 2. The predicted octanol–water partition coefficient (Wildman–Crippen LogP) is 7.48. The van der Waals surface area contributed by atoms with Crippen LogP contribution in [-0.2, 0) is 6.42 Å². The van der Waals surface area contributed by atoms with Crippen molar-refractivity contribution in [3.05, 3.63) is 36.0 Å². The summed E-state index contributed by atoms with van der Waals surface area (Å²) < 4.78 is 9.96. The van der Waals surface area contributed by atoms with E-state index in [-0.39, 0.29) is 5.41 Å². The van der Waals surface area contributed by atoms with Crippen molar-refractivity contribution in [3.8, 4) is 0 Å². The fourth-order valence-corrected chi connectivity index (χ4v) is 5.78. The summed E-state index contributed by atoms with van der Waals surface area (Å²) in [7, 11) is 0. The first kappa shape index (κ1) is 25.4. The van der Waals surface area contributed by atoms with Crippen LogP contribution < -0.4 is 0 Å². The maximum absolute atomic E-state index is 5.01. The largest absolute Gasteiger partial charge is 0.364 e. The zero-order valence-electron chi connectivity index (χ0n) is 19.5. The van der Waals surface area contributed by atoms with E-state index in [2.05, 4.69) is 68.5 Å². The van der Waals surface area contributed by atoms with Crippen LogP contribution in [0.2, 0.25) is 0 Å². The highest BCUT2D eigenvalue weighted by Crippen LogP contribution is 2.39. The summed E-state index contributed by atoms with van der Waals surface area (Å²) in [6.45, 7) is 11.7. The zero-order chi connectivity index (χ0) is 21.9. The minimum atomic E-state index is 0.282. The Morgan fingerprint density at radius 1 is 0.833 bits per heavy atom. The third-order valence-electron chi connectivity index (χ3n) is 6.12. The molecule has 2 aromatic heterocycles. The van der Waals surface area contributed by atoms with E-state index >= 15 is 0 Å². The molecule has 2 heterocycles. The lowest BCUT2D eigenvalue weighted by molar-refractivity contribution is 0.273. The molecule has 0 aromatic carbocycles. The van der Waals surface area contributed by atoms with Gasteiger partial charge in [-0.1, -0.05) is 44.9 Å². The lowest BCUT2D eigenvalue weighted by atomic mass is 9.74. The Bertz CT molecular complexity index is 669. The molecule has 0 aliphatic rings. The van der Waals surface area contributed by atoms with Crippen molar-refractivity contribution in [2.75, 3.05) is 23.0 Å². The molecule has 0 radical (unpaired) electrons. The summed E-state index contributed by atoms with van der Waals surface area (Å²) in [5.74, 6) is 5.59. The van der Waals surface area contributed by atoms with Gasteiger partial charge in [0.1, 0.15) is 12.5 Å². The van der Waals surface area contributed by atoms with Gasteiger partial charge in [0.2, 0.25) is 0 Å². The second-order valence-electron chi connectivity index (χ2n) is 9.83. The number of aromatic nitrogens is 2. The van der Waals surface area contributed by atoms with Gasteiger partial charge in [0.05, 0.1) is 12.4 Å². The average molecular weight is 453 g/mol. The molecule has 4 nitrogen and oxygen atoms in total. The summed E-state index contributed by atoms with van der Waals surface area (Å²) in [5.41, 5.74) is 3.03. The number of hydrogen-bond acceptors (Lipinski definition) is 6. The molecule has 0 bridgehead atoms. The van der Waals surface area contributed by atoms with Crippen molar-refractivity contribution in [3.63, 3.8) is 0 Å². The molecule has 0 fully saturated rings. The second kappa shape index (κ2) is 12.8. The molecular weight excluding hydrogens is 412 g/mol. The smallest absolute Gasteiger partial charge is 0.127 e. The Morgan fingerprint density at radius 3 is 2.03 bits per heavy atom. The quantitative estimate of drug-likeness (QED) is 0.246. The van der Waals surface area contributed by atoms with Crippen molar-refractivity contribution in [2.24, 2.45) is 10.8 Å². The fourth-order valence-electron chi connectivity index (χ4n) is 3.80. The Hall–Kier alpha value is -0.880. The Kier molecular flexibility index (Phi) is 10.9. The molecule has 0 aliphatic carbocycles. The van der Waals surface area contributed by atoms with E-state index in [0.29, 0.717) is 11.3 Å². The summed E-state index contributed by atoms with van der Waals surface area (Å²) in [6, 6.07) is 0. The van der Waals surface area contributed by atoms with Gasteiger partial charge in [-0.2, -0.15) is 23.5 Å². The molecule has 2 aromatic rings. The summed E-state index contributed by atoms with van der Waals surface area (Å²) in [6.07, 6.45) is 14.7. The van der Waals surface area contributed by atoms with Crippen LogP contribution in [0, 0.1) is 10.8 Å². The molecule has 170 valence electrons. The van der Waals surface area contributed by atoms with Crippen molar-refractivity contribution < 1.29 is 9.05 Å². The van der Waals surface area contributed by atoms with Gasteiger partial charge in [-0.15, -0.1) is 0 Å². The van der Waals surface area contributed by atoms with E-state index in [4.69, 9.17) is 9.05 Å². The van der Waals surface area contributed by atoms with Crippen molar-refractivity contribution in [2.45, 2.75) is 79.1 Å². The fraction of sp³-hybridized carbons (Fsp3) is 0.750. The van der Waals surface area contributed by atoms with Gasteiger partial charge in [-0.25, -0.2) is 0 Å². The van der Waals surface area contributed by atoms with Crippen molar-refractivity contribution >= 4 is 23.5 Å². The van der Waals surface area contributed by atoms with Crippen molar-refractivity contribution in [1.82, 2.24) is 10.3 Å². The van der Waals surface area contributed by atoms with Crippen LogP contribution >= 0.6 is 23.5 Å². The normalized spacial score (nSPS) is 13.6. The molecule has 0 N–H and O–H groups in total. The van der Waals surface area contributed by atoms with E-state index in [1.807, 2.05) is 12.4 Å². The van der Waals surface area contributed by atoms with E-state index in [1.54, 1.807) is 12.5 Å². The van der Waals surface area contributed by atoms with Crippen LogP contribution in [0.3, 0.4) is 0 Å². The monoisotopic (exact) mass is 452 g/mol. The molecule has 0 saturated heterocycles. The number of hydrogen-bond donors (Lipinski definition) is 0. The maximum atomic E-state index is 5.01. The predicted molar refractivity (Wildman–Crippen MR) is 130 cm³/mol. The summed E-state index contributed by atoms with van der Waals surface area (Å²) in [5, 5.41) is 7.66. The molecule has 2 rings (SSSR count). The van der Waals surface area contributed by atoms with E-state index < -0.39 is 0 Å². The van der Waals surface area contributed by atoms with Gasteiger partial charge < -0.3 is 9.05 Å². The molecular formula is C24H40N2O2S2. The van der Waals surface area contributed by atoms with E-state index in [1.165, 1.54) is 66.2 Å². The van der Waals surface area contributed by atoms with E-state index in [9.17, 15) is 0 Å². The van der Waals surface area contributed by atoms with E-state index in [0.717, 1.165) is 6.42 Å². The molecule has 1 unspecified atom stereocenters. The molecule has 6 heteroatoms. The Morgan fingerprint density at radius 2 is 1.43 bits per heavy atom. The standard InChI is InChI=1S/C24H40N2O2S2/c1-20(22-17-26-28-19-22)24(4,5)10-7-12-30-14-8-13-29-11-6-9-23(2,3)15-21-16-25-27-18-21/h16-20H,6-15H2,1-5H3. The second-order valence-corrected chi connectivity index (χ2v) is 12.3. The molecule has 30 heavy (non-hydrogen) atoms. The number of thioether (sulfide) groups is 2. The van der Waals surface area contributed by atoms with Gasteiger partial charge in [-0.3, -0.25) is 0 Å². The highest BCUT2D eigenvalue weighted by atomic mass is 32.2. The maximum Gasteiger partial charge on any atom is 0.127 e. The minimum absolute atomic E-state index is 0.282. The average Bonchev–Trinajstić information content (AvgIpc) is 3.39. The van der Waals surface area contributed by atoms with Gasteiger partial charge in [-0.05, 0) is 78.3 Å². The van der Waals surface area contributed by atoms with Gasteiger partial charge >= 0.3 is 0 Å². The molecule has 1 atom stereocenters.